The highest BCUT2D eigenvalue weighted by molar-refractivity contribution is 5.78. The van der Waals surface area contributed by atoms with Crippen molar-refractivity contribution in [3.05, 3.63) is 35.4 Å². The van der Waals surface area contributed by atoms with E-state index in [2.05, 4.69) is 34.6 Å². The Kier molecular flexibility index (Phi) is 6.60. The summed E-state index contributed by atoms with van der Waals surface area (Å²) in [5.74, 6) is 0.180. The Balaban J connectivity index is 1.45. The number of hydrogen-bond donors (Lipinski definition) is 3. The number of amides is 1. The van der Waals surface area contributed by atoms with Gasteiger partial charge in [-0.05, 0) is 67.9 Å². The number of carbonyl (C=O) groups excluding carboxylic acids is 1. The maximum Gasteiger partial charge on any atom is 0.224 e. The molecule has 0 radical (unpaired) electrons. The SMILES string of the molecule is COC12CCC(c3ccc(CC(=O)NCCCCN=C(N)N)cc3)(CC1)CC2. The van der Waals surface area contributed by atoms with E-state index in [-0.39, 0.29) is 17.5 Å². The molecule has 5 N–H and O–H groups in total. The first-order valence-electron chi connectivity index (χ1n) is 10.4. The van der Waals surface area contributed by atoms with Gasteiger partial charge in [0.15, 0.2) is 5.96 Å². The molecule has 4 rings (SSSR count). The summed E-state index contributed by atoms with van der Waals surface area (Å²) in [7, 11) is 1.86. The van der Waals surface area contributed by atoms with Crippen molar-refractivity contribution in [2.45, 2.75) is 68.8 Å². The van der Waals surface area contributed by atoms with E-state index in [4.69, 9.17) is 16.2 Å². The first kappa shape index (κ1) is 20.6. The molecule has 0 spiro atoms. The minimum absolute atomic E-state index is 0.0629. The largest absolute Gasteiger partial charge is 0.378 e. The predicted octanol–water partition coefficient (Wildman–Crippen LogP) is 2.39. The lowest BCUT2D eigenvalue weighted by atomic mass is 9.56. The van der Waals surface area contributed by atoms with Gasteiger partial charge < -0.3 is 21.5 Å². The van der Waals surface area contributed by atoms with E-state index in [0.29, 0.717) is 24.9 Å². The molecule has 3 saturated carbocycles. The Hall–Kier alpha value is -2.08. The number of unbranched alkanes of at least 4 members (excludes halogenated alkanes) is 1. The summed E-state index contributed by atoms with van der Waals surface area (Å²) < 4.78 is 5.81. The topological polar surface area (TPSA) is 103 Å². The molecule has 0 heterocycles. The fourth-order valence-electron chi connectivity index (χ4n) is 4.79. The van der Waals surface area contributed by atoms with Gasteiger partial charge in [0.2, 0.25) is 5.91 Å². The average Bonchev–Trinajstić information content (AvgIpc) is 2.72. The van der Waals surface area contributed by atoms with Gasteiger partial charge in [0.1, 0.15) is 0 Å². The summed E-state index contributed by atoms with van der Waals surface area (Å²) in [5.41, 5.74) is 13.5. The van der Waals surface area contributed by atoms with Crippen LogP contribution in [-0.4, -0.2) is 37.7 Å². The average molecular weight is 387 g/mol. The Morgan fingerprint density at radius 2 is 1.71 bits per heavy atom. The molecule has 6 nitrogen and oxygen atoms in total. The zero-order chi connectivity index (χ0) is 20.0. The molecular weight excluding hydrogens is 352 g/mol. The zero-order valence-corrected chi connectivity index (χ0v) is 17.0. The molecule has 1 aromatic carbocycles. The third kappa shape index (κ3) is 4.85. The van der Waals surface area contributed by atoms with Crippen molar-refractivity contribution in [1.82, 2.24) is 5.32 Å². The molecule has 0 unspecified atom stereocenters. The summed E-state index contributed by atoms with van der Waals surface area (Å²) in [6.07, 6.45) is 9.27. The van der Waals surface area contributed by atoms with Crippen LogP contribution < -0.4 is 16.8 Å². The second-order valence-corrected chi connectivity index (χ2v) is 8.40. The van der Waals surface area contributed by atoms with Crippen molar-refractivity contribution < 1.29 is 9.53 Å². The summed E-state index contributed by atoms with van der Waals surface area (Å²) in [6.45, 7) is 1.26. The highest BCUT2D eigenvalue weighted by Crippen LogP contribution is 2.54. The first-order chi connectivity index (χ1) is 13.5. The number of methoxy groups -OCH3 is 1. The second kappa shape index (κ2) is 8.95. The van der Waals surface area contributed by atoms with Gasteiger partial charge in [-0.1, -0.05) is 24.3 Å². The molecule has 3 aliphatic rings. The molecule has 1 aromatic rings. The van der Waals surface area contributed by atoms with E-state index in [1.807, 2.05) is 7.11 Å². The van der Waals surface area contributed by atoms with Crippen molar-refractivity contribution in [2.24, 2.45) is 16.5 Å². The molecule has 0 saturated heterocycles. The van der Waals surface area contributed by atoms with E-state index >= 15 is 0 Å². The van der Waals surface area contributed by atoms with Crippen LogP contribution in [0, 0.1) is 0 Å². The van der Waals surface area contributed by atoms with E-state index < -0.39 is 0 Å². The van der Waals surface area contributed by atoms with Crippen LogP contribution in [0.2, 0.25) is 0 Å². The van der Waals surface area contributed by atoms with E-state index in [9.17, 15) is 4.79 Å². The lowest BCUT2D eigenvalue weighted by Gasteiger charge is -2.53. The number of guanidine groups is 1. The third-order valence-corrected chi connectivity index (χ3v) is 6.74. The third-order valence-electron chi connectivity index (χ3n) is 6.74. The van der Waals surface area contributed by atoms with Crippen LogP contribution in [0.5, 0.6) is 0 Å². The number of fused-ring (bicyclic) bond motifs is 3. The van der Waals surface area contributed by atoms with Crippen molar-refractivity contribution >= 4 is 11.9 Å². The summed E-state index contributed by atoms with van der Waals surface area (Å²) in [6, 6.07) is 8.72. The van der Waals surface area contributed by atoms with Crippen molar-refractivity contribution in [2.75, 3.05) is 20.2 Å². The highest BCUT2D eigenvalue weighted by atomic mass is 16.5. The molecule has 0 atom stereocenters. The van der Waals surface area contributed by atoms with E-state index in [1.165, 1.54) is 24.8 Å². The standard InChI is InChI=1S/C22H34N4O2/c1-28-22-11-8-21(9-12-22,10-13-22)18-6-4-17(5-7-18)16-19(27)25-14-2-3-15-26-20(23)24/h4-7H,2-3,8-16H2,1H3,(H,25,27)(H4,23,24,26). The van der Waals surface area contributed by atoms with Gasteiger partial charge in [0.05, 0.1) is 12.0 Å². The summed E-state index contributed by atoms with van der Waals surface area (Å²) in [4.78, 5) is 16.1. The Labute approximate surface area is 168 Å². The Morgan fingerprint density at radius 1 is 1.07 bits per heavy atom. The van der Waals surface area contributed by atoms with Gasteiger partial charge in [0.25, 0.3) is 0 Å². The van der Waals surface area contributed by atoms with Crippen LogP contribution in [0.3, 0.4) is 0 Å². The van der Waals surface area contributed by atoms with Gasteiger partial charge >= 0.3 is 0 Å². The first-order valence-corrected chi connectivity index (χ1v) is 10.4. The Morgan fingerprint density at radius 3 is 2.29 bits per heavy atom. The van der Waals surface area contributed by atoms with Crippen LogP contribution in [0.15, 0.2) is 29.3 Å². The second-order valence-electron chi connectivity index (χ2n) is 8.40. The normalized spacial score (nSPS) is 26.0. The van der Waals surface area contributed by atoms with Crippen LogP contribution in [0.1, 0.15) is 62.5 Å². The fraction of sp³-hybridized carbons (Fsp3) is 0.636. The molecular formula is C22H34N4O2. The minimum atomic E-state index is 0.0629. The number of rotatable bonds is 9. The van der Waals surface area contributed by atoms with Crippen LogP contribution in [0.4, 0.5) is 0 Å². The number of nitrogens with zero attached hydrogens (tertiary/aromatic N) is 1. The number of benzene rings is 1. The summed E-state index contributed by atoms with van der Waals surface area (Å²) >= 11 is 0. The number of aliphatic imine (C=N–C) groups is 1. The van der Waals surface area contributed by atoms with Gasteiger partial charge in [-0.2, -0.15) is 0 Å². The molecule has 3 aliphatic carbocycles. The maximum atomic E-state index is 12.1. The van der Waals surface area contributed by atoms with Gasteiger partial charge in [-0.3, -0.25) is 9.79 Å². The number of nitrogens with two attached hydrogens (primary N) is 2. The molecule has 28 heavy (non-hydrogen) atoms. The molecule has 3 fully saturated rings. The molecule has 154 valence electrons. The number of hydrogen-bond acceptors (Lipinski definition) is 3. The minimum Gasteiger partial charge on any atom is -0.378 e. The van der Waals surface area contributed by atoms with Crippen molar-refractivity contribution in [1.29, 1.82) is 0 Å². The maximum absolute atomic E-state index is 12.1. The van der Waals surface area contributed by atoms with Gasteiger partial charge in [-0.25, -0.2) is 0 Å². The number of nitrogens with one attached hydrogen (secondary N) is 1. The van der Waals surface area contributed by atoms with Crippen LogP contribution in [-0.2, 0) is 21.4 Å². The highest BCUT2D eigenvalue weighted by Gasteiger charge is 2.49. The molecule has 0 aromatic heterocycles. The van der Waals surface area contributed by atoms with Gasteiger partial charge in [-0.15, -0.1) is 0 Å². The number of carbonyl (C=O) groups is 1. The lowest BCUT2D eigenvalue weighted by molar-refractivity contribution is -0.120. The fourth-order valence-corrected chi connectivity index (χ4v) is 4.79. The van der Waals surface area contributed by atoms with Gasteiger partial charge in [0, 0.05) is 20.2 Å². The zero-order valence-electron chi connectivity index (χ0n) is 17.0. The summed E-state index contributed by atoms with van der Waals surface area (Å²) in [5, 5.41) is 2.97. The van der Waals surface area contributed by atoms with E-state index in [0.717, 1.165) is 37.7 Å². The van der Waals surface area contributed by atoms with E-state index in [1.54, 1.807) is 0 Å². The molecule has 2 bridgehead atoms. The van der Waals surface area contributed by atoms with Crippen molar-refractivity contribution in [3.8, 4) is 0 Å². The molecule has 0 aliphatic heterocycles. The van der Waals surface area contributed by atoms with Crippen molar-refractivity contribution in [3.63, 3.8) is 0 Å². The molecule has 6 heteroatoms. The monoisotopic (exact) mass is 386 g/mol. The lowest BCUT2D eigenvalue weighted by Crippen LogP contribution is -2.49. The van der Waals surface area contributed by atoms with Crippen LogP contribution >= 0.6 is 0 Å². The quantitative estimate of drug-likeness (QED) is 0.344. The predicted molar refractivity (Wildman–Crippen MR) is 112 cm³/mol. The van der Waals surface area contributed by atoms with Crippen LogP contribution in [0.25, 0.3) is 0 Å². The smallest absolute Gasteiger partial charge is 0.224 e. The molecule has 1 amide bonds. The number of ether oxygens (including phenoxy) is 1. The Bertz CT molecular complexity index is 670.